The number of benzene rings is 1. The van der Waals surface area contributed by atoms with E-state index in [1.165, 1.54) is 0 Å². The minimum atomic E-state index is -0.894. The zero-order valence-electron chi connectivity index (χ0n) is 11.8. The molecule has 108 valence electrons. The zero-order chi connectivity index (χ0) is 15.0. The number of rotatable bonds is 7. The molecule has 0 radical (unpaired) electrons. The number of carbonyl (C=O) groups excluding carboxylic acids is 2. The van der Waals surface area contributed by atoms with Gasteiger partial charge in [-0.3, -0.25) is 9.59 Å². The number of carbonyl (C=O) groups is 2. The third-order valence-electron chi connectivity index (χ3n) is 2.46. The number of aliphatic hydroxyl groups is 1. The molecule has 0 amide bonds. The van der Waals surface area contributed by atoms with Crippen molar-refractivity contribution >= 4 is 17.8 Å². The summed E-state index contributed by atoms with van der Waals surface area (Å²) in [6, 6.07) is 9.46. The largest absolute Gasteiger partial charge is 0.463 e. The Morgan fingerprint density at radius 1 is 1.25 bits per heavy atom. The van der Waals surface area contributed by atoms with Crippen LogP contribution in [0.3, 0.4) is 0 Å². The van der Waals surface area contributed by atoms with Crippen molar-refractivity contribution in [2.75, 3.05) is 0 Å². The van der Waals surface area contributed by atoms with E-state index >= 15 is 0 Å². The number of Topliss-reactive ketones (excluding diaryl/α,β-unsaturated/α-hetero) is 1. The second-order valence-electron chi connectivity index (χ2n) is 4.80. The molecule has 0 fully saturated rings. The fraction of sp³-hybridized carbons (Fsp3) is 0.375. The smallest absolute Gasteiger partial charge is 0.313 e. The van der Waals surface area contributed by atoms with E-state index in [-0.39, 0.29) is 24.7 Å². The van der Waals surface area contributed by atoms with Gasteiger partial charge in [-0.05, 0) is 19.4 Å². The van der Waals surface area contributed by atoms with Crippen LogP contribution in [0.1, 0.15) is 32.3 Å². The summed E-state index contributed by atoms with van der Waals surface area (Å²) in [4.78, 5) is 22.8. The number of hydrogen-bond donors (Lipinski definition) is 1. The van der Waals surface area contributed by atoms with Gasteiger partial charge in [0.1, 0.15) is 12.2 Å². The van der Waals surface area contributed by atoms with Gasteiger partial charge in [0.25, 0.3) is 0 Å². The molecule has 0 heterocycles. The lowest BCUT2D eigenvalue weighted by Gasteiger charge is -2.08. The van der Waals surface area contributed by atoms with Crippen LogP contribution in [0.25, 0.3) is 6.08 Å². The number of ketones is 1. The molecule has 20 heavy (non-hydrogen) atoms. The lowest BCUT2D eigenvalue weighted by atomic mass is 10.1. The van der Waals surface area contributed by atoms with E-state index in [2.05, 4.69) is 0 Å². The van der Waals surface area contributed by atoms with Crippen LogP contribution in [-0.4, -0.2) is 29.1 Å². The average Bonchev–Trinajstić information content (AvgIpc) is 2.36. The molecule has 4 heteroatoms. The van der Waals surface area contributed by atoms with Crippen molar-refractivity contribution in [3.05, 3.63) is 42.0 Å². The van der Waals surface area contributed by atoms with Crippen molar-refractivity contribution in [2.24, 2.45) is 0 Å². The van der Waals surface area contributed by atoms with Crippen molar-refractivity contribution in [1.82, 2.24) is 0 Å². The molecule has 4 nitrogen and oxygen atoms in total. The molecule has 1 aromatic rings. The summed E-state index contributed by atoms with van der Waals surface area (Å²) in [5.74, 6) is -0.884. The highest BCUT2D eigenvalue weighted by atomic mass is 16.5. The number of esters is 1. The predicted octanol–water partition coefficient (Wildman–Crippen LogP) is 2.36. The Morgan fingerprint density at radius 3 is 2.50 bits per heavy atom. The fourth-order valence-corrected chi connectivity index (χ4v) is 1.63. The molecular formula is C16H20O4. The maximum Gasteiger partial charge on any atom is 0.313 e. The highest BCUT2D eigenvalue weighted by molar-refractivity contribution is 5.95. The van der Waals surface area contributed by atoms with Crippen molar-refractivity contribution in [3.8, 4) is 0 Å². The van der Waals surface area contributed by atoms with Crippen molar-refractivity contribution in [1.29, 1.82) is 0 Å². The Morgan fingerprint density at radius 2 is 1.90 bits per heavy atom. The van der Waals surface area contributed by atoms with E-state index in [9.17, 15) is 14.7 Å². The van der Waals surface area contributed by atoms with E-state index in [4.69, 9.17) is 4.74 Å². The molecule has 0 bridgehead atoms. The van der Waals surface area contributed by atoms with Gasteiger partial charge in [-0.15, -0.1) is 0 Å². The van der Waals surface area contributed by atoms with Crippen LogP contribution >= 0.6 is 0 Å². The second-order valence-corrected chi connectivity index (χ2v) is 4.80. The Hall–Kier alpha value is -1.94. The van der Waals surface area contributed by atoms with Crippen LogP contribution in [0.4, 0.5) is 0 Å². The van der Waals surface area contributed by atoms with E-state index < -0.39 is 12.1 Å². The molecular weight excluding hydrogens is 256 g/mol. The number of ether oxygens (including phenoxy) is 1. The molecule has 0 aliphatic heterocycles. The Labute approximate surface area is 119 Å². The zero-order valence-corrected chi connectivity index (χ0v) is 11.8. The Bertz CT molecular complexity index is 463. The first kappa shape index (κ1) is 16.1. The number of aliphatic hydroxyl groups excluding tert-OH is 1. The van der Waals surface area contributed by atoms with Gasteiger partial charge in [0.15, 0.2) is 0 Å². The summed E-state index contributed by atoms with van der Waals surface area (Å²) < 4.78 is 4.87. The SMILES string of the molecule is CC(C)OC(=O)CC(=O)C[C@H](O)C=Cc1ccccc1. The van der Waals surface area contributed by atoms with E-state index in [1.807, 2.05) is 30.3 Å². The molecule has 0 aromatic heterocycles. The van der Waals surface area contributed by atoms with E-state index in [1.54, 1.807) is 26.0 Å². The minimum Gasteiger partial charge on any atom is -0.463 e. The van der Waals surface area contributed by atoms with Gasteiger partial charge in [-0.2, -0.15) is 0 Å². The number of hydrogen-bond acceptors (Lipinski definition) is 4. The standard InChI is InChI=1S/C16H20O4/c1-12(2)20-16(19)11-15(18)10-14(17)9-8-13-6-4-3-5-7-13/h3-9,12,14,17H,10-11H2,1-2H3/t14-/m1/s1. The summed E-state index contributed by atoms with van der Waals surface area (Å²) >= 11 is 0. The maximum absolute atomic E-state index is 11.6. The van der Waals surface area contributed by atoms with Gasteiger partial charge in [-0.1, -0.05) is 42.5 Å². The molecule has 0 spiro atoms. The van der Waals surface area contributed by atoms with Crippen molar-refractivity contribution in [2.45, 2.75) is 38.9 Å². The van der Waals surface area contributed by atoms with Crippen molar-refractivity contribution < 1.29 is 19.4 Å². The molecule has 0 aliphatic rings. The molecule has 0 aliphatic carbocycles. The molecule has 1 rings (SSSR count). The fourth-order valence-electron chi connectivity index (χ4n) is 1.63. The van der Waals surface area contributed by atoms with Gasteiger partial charge < -0.3 is 9.84 Å². The first-order chi connectivity index (χ1) is 9.47. The first-order valence-electron chi connectivity index (χ1n) is 6.60. The van der Waals surface area contributed by atoms with Crippen LogP contribution in [0, 0.1) is 0 Å². The summed E-state index contributed by atoms with van der Waals surface area (Å²) in [6.07, 6.45) is 1.77. The molecule has 0 unspecified atom stereocenters. The molecule has 1 aromatic carbocycles. The monoisotopic (exact) mass is 276 g/mol. The lowest BCUT2D eigenvalue weighted by Crippen LogP contribution is -2.18. The van der Waals surface area contributed by atoms with E-state index in [0.717, 1.165) is 5.56 Å². The second kappa shape index (κ2) is 8.27. The maximum atomic E-state index is 11.6. The summed E-state index contributed by atoms with van der Waals surface area (Å²) in [6.45, 7) is 3.44. The minimum absolute atomic E-state index is 0.0868. The molecule has 0 saturated carbocycles. The van der Waals surface area contributed by atoms with Gasteiger partial charge in [0, 0.05) is 6.42 Å². The third-order valence-corrected chi connectivity index (χ3v) is 2.46. The lowest BCUT2D eigenvalue weighted by molar-refractivity contribution is -0.149. The van der Waals surface area contributed by atoms with Crippen LogP contribution in [0.5, 0.6) is 0 Å². The average molecular weight is 276 g/mol. The van der Waals surface area contributed by atoms with Crippen LogP contribution in [-0.2, 0) is 14.3 Å². The van der Waals surface area contributed by atoms with Crippen molar-refractivity contribution in [3.63, 3.8) is 0 Å². The Balaban J connectivity index is 2.38. The van der Waals surface area contributed by atoms with Gasteiger partial charge in [0.05, 0.1) is 12.2 Å². The Kier molecular flexibility index (Phi) is 6.67. The van der Waals surface area contributed by atoms with Gasteiger partial charge in [0.2, 0.25) is 0 Å². The summed E-state index contributed by atoms with van der Waals surface area (Å²) in [7, 11) is 0. The van der Waals surface area contributed by atoms with Crippen LogP contribution < -0.4 is 0 Å². The molecule has 1 atom stereocenters. The summed E-state index contributed by atoms with van der Waals surface area (Å²) in [5, 5.41) is 9.72. The van der Waals surface area contributed by atoms with E-state index in [0.29, 0.717) is 0 Å². The van der Waals surface area contributed by atoms with Gasteiger partial charge in [-0.25, -0.2) is 0 Å². The topological polar surface area (TPSA) is 63.6 Å². The first-order valence-corrected chi connectivity index (χ1v) is 6.60. The van der Waals surface area contributed by atoms with Gasteiger partial charge >= 0.3 is 5.97 Å². The molecule has 1 N–H and O–H groups in total. The normalized spacial score (nSPS) is 12.6. The predicted molar refractivity (Wildman–Crippen MR) is 77.0 cm³/mol. The highest BCUT2D eigenvalue weighted by Crippen LogP contribution is 2.06. The van der Waals surface area contributed by atoms with Crippen LogP contribution in [0.2, 0.25) is 0 Å². The molecule has 0 saturated heterocycles. The quantitative estimate of drug-likeness (QED) is 0.613. The summed E-state index contributed by atoms with van der Waals surface area (Å²) in [5.41, 5.74) is 0.943. The van der Waals surface area contributed by atoms with Crippen LogP contribution in [0.15, 0.2) is 36.4 Å². The highest BCUT2D eigenvalue weighted by Gasteiger charge is 2.14. The third kappa shape index (κ3) is 6.85.